The lowest BCUT2D eigenvalue weighted by Gasteiger charge is -2.33. The number of amides is 1. The molecule has 1 aromatic heterocycles. The molecule has 1 aromatic rings. The van der Waals surface area contributed by atoms with Crippen molar-refractivity contribution in [1.82, 2.24) is 10.3 Å². The molecule has 1 N–H and O–H groups in total. The fourth-order valence-electron chi connectivity index (χ4n) is 4.07. The van der Waals surface area contributed by atoms with Crippen molar-refractivity contribution in [2.75, 3.05) is 24.5 Å². The van der Waals surface area contributed by atoms with Gasteiger partial charge in [-0.1, -0.05) is 19.3 Å². The first kappa shape index (κ1) is 17.7. The van der Waals surface area contributed by atoms with E-state index in [1.807, 2.05) is 6.07 Å². The molecule has 1 saturated heterocycles. The molecule has 1 aliphatic carbocycles. The molecule has 5 heteroatoms. The summed E-state index contributed by atoms with van der Waals surface area (Å²) in [6, 6.07) is 5.84. The number of carbonyl (C=O) groups is 1. The van der Waals surface area contributed by atoms with Crippen molar-refractivity contribution >= 4 is 11.7 Å². The van der Waals surface area contributed by atoms with Crippen LogP contribution in [0.3, 0.4) is 0 Å². The number of nitrogens with zero attached hydrogens (tertiary/aromatic N) is 3. The molecule has 25 heavy (non-hydrogen) atoms. The molecular weight excluding hydrogens is 312 g/mol. The Labute approximate surface area is 150 Å². The van der Waals surface area contributed by atoms with Crippen LogP contribution in [0, 0.1) is 23.2 Å². The summed E-state index contributed by atoms with van der Waals surface area (Å²) in [4.78, 5) is 18.7. The van der Waals surface area contributed by atoms with Gasteiger partial charge >= 0.3 is 0 Å². The van der Waals surface area contributed by atoms with E-state index >= 15 is 0 Å². The van der Waals surface area contributed by atoms with Crippen molar-refractivity contribution in [3.8, 4) is 6.07 Å². The predicted octanol–water partition coefficient (Wildman–Crippen LogP) is 3.26. The van der Waals surface area contributed by atoms with Gasteiger partial charge in [-0.3, -0.25) is 4.79 Å². The molecule has 0 bridgehead atoms. The van der Waals surface area contributed by atoms with Crippen molar-refractivity contribution in [3.63, 3.8) is 0 Å². The van der Waals surface area contributed by atoms with E-state index in [4.69, 9.17) is 0 Å². The maximum atomic E-state index is 12.2. The summed E-state index contributed by atoms with van der Waals surface area (Å²) < 4.78 is 0. The van der Waals surface area contributed by atoms with Gasteiger partial charge in [-0.2, -0.15) is 5.26 Å². The molecule has 5 nitrogen and oxygen atoms in total. The van der Waals surface area contributed by atoms with E-state index in [1.165, 1.54) is 32.1 Å². The Morgan fingerprint density at radius 3 is 2.68 bits per heavy atom. The summed E-state index contributed by atoms with van der Waals surface area (Å²) in [5.74, 6) is 2.15. The summed E-state index contributed by atoms with van der Waals surface area (Å²) in [5.41, 5.74) is 0.640. The highest BCUT2D eigenvalue weighted by molar-refractivity contribution is 5.76. The smallest absolute Gasteiger partial charge is 0.220 e. The molecule has 0 radical (unpaired) electrons. The number of nitriles is 1. The van der Waals surface area contributed by atoms with Crippen LogP contribution in [0.2, 0.25) is 0 Å². The number of hydrogen-bond acceptors (Lipinski definition) is 4. The van der Waals surface area contributed by atoms with Crippen LogP contribution in [0.15, 0.2) is 18.3 Å². The monoisotopic (exact) mass is 340 g/mol. The van der Waals surface area contributed by atoms with Crippen molar-refractivity contribution in [2.24, 2.45) is 11.8 Å². The highest BCUT2D eigenvalue weighted by atomic mass is 16.1. The minimum Gasteiger partial charge on any atom is -0.356 e. The average Bonchev–Trinajstić information content (AvgIpc) is 2.67. The van der Waals surface area contributed by atoms with Crippen LogP contribution in [0.4, 0.5) is 5.82 Å². The third-order valence-corrected chi connectivity index (χ3v) is 5.61. The summed E-state index contributed by atoms with van der Waals surface area (Å²) >= 11 is 0. The van der Waals surface area contributed by atoms with Crippen LogP contribution < -0.4 is 10.2 Å². The van der Waals surface area contributed by atoms with Gasteiger partial charge in [0.25, 0.3) is 0 Å². The molecule has 3 rings (SSSR count). The number of piperidine rings is 1. The highest BCUT2D eigenvalue weighted by Crippen LogP contribution is 2.26. The summed E-state index contributed by atoms with van der Waals surface area (Å²) in [7, 11) is 0. The largest absolute Gasteiger partial charge is 0.356 e. The Hall–Kier alpha value is -2.09. The number of nitrogens with one attached hydrogen (secondary N) is 1. The zero-order valence-corrected chi connectivity index (χ0v) is 14.9. The van der Waals surface area contributed by atoms with E-state index in [0.29, 0.717) is 23.8 Å². The Balaban J connectivity index is 1.40. The van der Waals surface area contributed by atoms with Gasteiger partial charge in [0.1, 0.15) is 11.9 Å². The molecule has 0 unspecified atom stereocenters. The Bertz CT molecular complexity index is 610. The lowest BCUT2D eigenvalue weighted by Crippen LogP contribution is -2.39. The Morgan fingerprint density at radius 1 is 1.20 bits per heavy atom. The van der Waals surface area contributed by atoms with Crippen molar-refractivity contribution in [2.45, 2.75) is 51.4 Å². The second kappa shape index (κ2) is 8.84. The molecule has 0 atom stereocenters. The topological polar surface area (TPSA) is 69.0 Å². The fraction of sp³-hybridized carbons (Fsp3) is 0.650. The standard InChI is InChI=1S/C20H28N4O/c21-14-18-7-4-10-22-20(18)24-11-8-17(9-12-24)15-23-19(25)13-16-5-2-1-3-6-16/h4,7,10,16-17H,1-3,5-6,8-9,11-13,15H2,(H,23,25). The van der Waals surface area contributed by atoms with Crippen LogP contribution >= 0.6 is 0 Å². The highest BCUT2D eigenvalue weighted by Gasteiger charge is 2.23. The zero-order valence-electron chi connectivity index (χ0n) is 14.9. The third kappa shape index (κ3) is 4.94. The van der Waals surface area contributed by atoms with Crippen molar-refractivity contribution in [3.05, 3.63) is 23.9 Å². The van der Waals surface area contributed by atoms with E-state index < -0.39 is 0 Å². The molecule has 2 fully saturated rings. The number of aromatic nitrogens is 1. The van der Waals surface area contributed by atoms with E-state index in [-0.39, 0.29) is 5.91 Å². The van der Waals surface area contributed by atoms with Gasteiger partial charge in [0.05, 0.1) is 5.56 Å². The van der Waals surface area contributed by atoms with E-state index in [1.54, 1.807) is 12.3 Å². The normalized spacial score (nSPS) is 19.4. The lowest BCUT2D eigenvalue weighted by molar-refractivity contribution is -0.122. The van der Waals surface area contributed by atoms with E-state index in [2.05, 4.69) is 21.3 Å². The maximum absolute atomic E-state index is 12.2. The minimum absolute atomic E-state index is 0.228. The quantitative estimate of drug-likeness (QED) is 0.893. The van der Waals surface area contributed by atoms with Gasteiger partial charge in [0.15, 0.2) is 0 Å². The predicted molar refractivity (Wildman–Crippen MR) is 98.1 cm³/mol. The average molecular weight is 340 g/mol. The second-order valence-electron chi connectivity index (χ2n) is 7.43. The molecule has 2 heterocycles. The number of hydrogen-bond donors (Lipinski definition) is 1. The van der Waals surface area contributed by atoms with Crippen LogP contribution in [-0.4, -0.2) is 30.5 Å². The van der Waals surface area contributed by atoms with Gasteiger partial charge in [0, 0.05) is 32.3 Å². The maximum Gasteiger partial charge on any atom is 0.220 e. The second-order valence-corrected chi connectivity index (χ2v) is 7.43. The fourth-order valence-corrected chi connectivity index (χ4v) is 4.07. The molecule has 1 aliphatic heterocycles. The van der Waals surface area contributed by atoms with Crippen molar-refractivity contribution in [1.29, 1.82) is 5.26 Å². The van der Waals surface area contributed by atoms with Gasteiger partial charge in [-0.05, 0) is 49.7 Å². The molecule has 0 aromatic carbocycles. The van der Waals surface area contributed by atoms with Crippen LogP contribution in [-0.2, 0) is 4.79 Å². The van der Waals surface area contributed by atoms with Gasteiger partial charge in [-0.25, -0.2) is 4.98 Å². The number of anilines is 1. The van der Waals surface area contributed by atoms with Crippen LogP contribution in [0.25, 0.3) is 0 Å². The molecule has 0 spiro atoms. The number of rotatable bonds is 5. The summed E-state index contributed by atoms with van der Waals surface area (Å²) in [5, 5.41) is 12.4. The lowest BCUT2D eigenvalue weighted by atomic mass is 9.87. The Kier molecular flexibility index (Phi) is 6.27. The number of carbonyl (C=O) groups excluding carboxylic acids is 1. The first-order chi connectivity index (χ1) is 12.3. The SMILES string of the molecule is N#Cc1cccnc1N1CCC(CNC(=O)CC2CCCCC2)CC1. The van der Waals surface area contributed by atoms with Crippen LogP contribution in [0.1, 0.15) is 56.9 Å². The molecular formula is C20H28N4O. The minimum atomic E-state index is 0.228. The summed E-state index contributed by atoms with van der Waals surface area (Å²) in [6.45, 7) is 2.58. The van der Waals surface area contributed by atoms with Gasteiger partial charge < -0.3 is 10.2 Å². The van der Waals surface area contributed by atoms with Crippen LogP contribution in [0.5, 0.6) is 0 Å². The molecule has 134 valence electrons. The molecule has 2 aliphatic rings. The molecule has 1 amide bonds. The molecule has 1 saturated carbocycles. The van der Waals surface area contributed by atoms with E-state index in [9.17, 15) is 10.1 Å². The summed E-state index contributed by atoms with van der Waals surface area (Å²) in [6.07, 6.45) is 10.9. The van der Waals surface area contributed by atoms with E-state index in [0.717, 1.165) is 38.3 Å². The van der Waals surface area contributed by atoms with Gasteiger partial charge in [0.2, 0.25) is 5.91 Å². The first-order valence-corrected chi connectivity index (χ1v) is 9.63. The number of pyridine rings is 1. The third-order valence-electron chi connectivity index (χ3n) is 5.61. The zero-order chi connectivity index (χ0) is 17.5. The van der Waals surface area contributed by atoms with Gasteiger partial charge in [-0.15, -0.1) is 0 Å². The van der Waals surface area contributed by atoms with Crippen molar-refractivity contribution < 1.29 is 4.79 Å². The first-order valence-electron chi connectivity index (χ1n) is 9.63. The Morgan fingerprint density at radius 2 is 1.96 bits per heavy atom.